The third-order valence-corrected chi connectivity index (χ3v) is 5.76. The molecule has 0 aliphatic rings. The third-order valence-electron chi connectivity index (χ3n) is 5.76. The van der Waals surface area contributed by atoms with Crippen LogP contribution in [0.4, 0.5) is 20.3 Å². The van der Waals surface area contributed by atoms with Crippen LogP contribution in [0.5, 0.6) is 5.75 Å². The Bertz CT molecular complexity index is 1420. The van der Waals surface area contributed by atoms with Crippen LogP contribution in [0.1, 0.15) is 22.8 Å². The van der Waals surface area contributed by atoms with Gasteiger partial charge in [0.2, 0.25) is 5.82 Å². The number of aryl methyl sites for hydroxylation is 1. The van der Waals surface area contributed by atoms with Crippen LogP contribution in [0.3, 0.4) is 0 Å². The molecule has 12 heteroatoms. The number of anilines is 2. The Morgan fingerprint density at radius 1 is 1.13 bits per heavy atom. The molecule has 4 N–H and O–H groups in total. The lowest BCUT2D eigenvalue weighted by Gasteiger charge is -2.13. The molecule has 0 radical (unpaired) electrons. The van der Waals surface area contributed by atoms with Crippen LogP contribution < -0.4 is 21.1 Å². The molecule has 202 valence electrons. The highest BCUT2D eigenvalue weighted by molar-refractivity contribution is 5.96. The minimum Gasteiger partial charge on any atom is -0.494 e. The number of halogens is 3. The molecule has 0 unspecified atom stereocenters. The second kappa shape index (κ2) is 13.1. The highest BCUT2D eigenvalue weighted by Gasteiger charge is 2.19. The van der Waals surface area contributed by atoms with Crippen LogP contribution in [0.2, 0.25) is 0 Å². The van der Waals surface area contributed by atoms with Gasteiger partial charge in [-0.3, -0.25) is 9.20 Å². The molecule has 0 saturated carbocycles. The molecule has 9 nitrogen and oxygen atoms in total. The molecule has 0 atom stereocenters. The number of methoxy groups -OCH3 is 1. The minimum absolute atomic E-state index is 0. The van der Waals surface area contributed by atoms with E-state index in [1.54, 1.807) is 22.7 Å². The standard InChI is InChI=1S/C26H28F2N6O3.ClH/c1-3-16-14-17(4-5-18(16)26(35)31-10-13-37-12-8-29)33-24-25-32-15-20(34(25)11-9-30-24)19-6-7-21(36-2)23(28)22(19)27;/h4-7,9,11,14-15H,3,8,10,12-13,29H2,1-2H3,(H,30,33)(H,31,35);1H. The average molecular weight is 547 g/mol. The molecule has 0 spiro atoms. The Kier molecular flexibility index (Phi) is 9.94. The Balaban J connectivity index is 0.00000400. The second-order valence-electron chi connectivity index (χ2n) is 8.06. The Labute approximate surface area is 224 Å². The van der Waals surface area contributed by atoms with Gasteiger partial charge in [0.1, 0.15) is 0 Å². The number of hydrogen-bond donors (Lipinski definition) is 3. The fourth-order valence-corrected chi connectivity index (χ4v) is 3.93. The van der Waals surface area contributed by atoms with Gasteiger partial charge in [-0.25, -0.2) is 14.4 Å². The first-order chi connectivity index (χ1) is 18.0. The Morgan fingerprint density at radius 3 is 2.68 bits per heavy atom. The molecule has 2 heterocycles. The molecule has 4 aromatic rings. The molecule has 0 bridgehead atoms. The summed E-state index contributed by atoms with van der Waals surface area (Å²) in [5.74, 6) is -2.05. The zero-order valence-corrected chi connectivity index (χ0v) is 21.8. The summed E-state index contributed by atoms with van der Waals surface area (Å²) in [7, 11) is 1.28. The Hall–Kier alpha value is -3.80. The third kappa shape index (κ3) is 6.01. The summed E-state index contributed by atoms with van der Waals surface area (Å²) >= 11 is 0. The van der Waals surface area contributed by atoms with E-state index in [4.69, 9.17) is 15.2 Å². The van der Waals surface area contributed by atoms with Gasteiger partial charge in [0.05, 0.1) is 32.2 Å². The van der Waals surface area contributed by atoms with Gasteiger partial charge >= 0.3 is 0 Å². The van der Waals surface area contributed by atoms with Gasteiger partial charge in [-0.2, -0.15) is 4.39 Å². The number of ether oxygens (including phenoxy) is 2. The predicted molar refractivity (Wildman–Crippen MR) is 143 cm³/mol. The molecular formula is C26H29ClF2N6O3. The fourth-order valence-electron chi connectivity index (χ4n) is 3.93. The number of hydrogen-bond acceptors (Lipinski definition) is 7. The van der Waals surface area contributed by atoms with Gasteiger partial charge in [0.25, 0.3) is 5.91 Å². The summed E-state index contributed by atoms with van der Waals surface area (Å²) in [5.41, 5.74) is 8.32. The minimum atomic E-state index is -1.07. The SMILES string of the molecule is CCc1cc(Nc2nccn3c(-c4ccc(OC)c(F)c4F)cnc23)ccc1C(=O)NCCOCCN.Cl. The van der Waals surface area contributed by atoms with Crippen molar-refractivity contribution in [3.8, 4) is 17.0 Å². The summed E-state index contributed by atoms with van der Waals surface area (Å²) in [6.45, 7) is 3.61. The van der Waals surface area contributed by atoms with Crippen molar-refractivity contribution in [2.45, 2.75) is 13.3 Å². The zero-order valence-electron chi connectivity index (χ0n) is 21.0. The summed E-state index contributed by atoms with van der Waals surface area (Å²) in [6.07, 6.45) is 5.24. The monoisotopic (exact) mass is 546 g/mol. The number of amides is 1. The molecule has 0 aliphatic carbocycles. The maximum absolute atomic E-state index is 14.7. The van der Waals surface area contributed by atoms with E-state index in [0.717, 1.165) is 5.56 Å². The number of rotatable bonds is 11. The van der Waals surface area contributed by atoms with Crippen molar-refractivity contribution in [3.63, 3.8) is 0 Å². The van der Waals surface area contributed by atoms with Gasteiger partial charge in [-0.1, -0.05) is 6.92 Å². The normalized spacial score (nSPS) is 10.8. The van der Waals surface area contributed by atoms with Crippen molar-refractivity contribution in [2.75, 3.05) is 38.7 Å². The second-order valence-corrected chi connectivity index (χ2v) is 8.06. The molecule has 1 amide bonds. The van der Waals surface area contributed by atoms with Gasteiger partial charge in [0, 0.05) is 42.3 Å². The lowest BCUT2D eigenvalue weighted by molar-refractivity contribution is 0.0919. The summed E-state index contributed by atoms with van der Waals surface area (Å²) < 4.78 is 40.8. The smallest absolute Gasteiger partial charge is 0.251 e. The van der Waals surface area contributed by atoms with Crippen LogP contribution >= 0.6 is 12.4 Å². The first-order valence-corrected chi connectivity index (χ1v) is 11.8. The average Bonchev–Trinajstić information content (AvgIpc) is 3.35. The highest BCUT2D eigenvalue weighted by Crippen LogP contribution is 2.31. The number of imidazole rings is 1. The van der Waals surface area contributed by atoms with Gasteiger partial charge in [0.15, 0.2) is 23.0 Å². The molecule has 38 heavy (non-hydrogen) atoms. The van der Waals surface area contributed by atoms with Crippen molar-refractivity contribution >= 4 is 35.5 Å². The van der Waals surface area contributed by atoms with E-state index in [-0.39, 0.29) is 29.6 Å². The van der Waals surface area contributed by atoms with Crippen molar-refractivity contribution < 1.29 is 23.0 Å². The number of nitrogens with one attached hydrogen (secondary N) is 2. The van der Waals surface area contributed by atoms with Gasteiger partial charge in [-0.05, 0) is 42.3 Å². The van der Waals surface area contributed by atoms with Crippen LogP contribution in [0, 0.1) is 11.6 Å². The van der Waals surface area contributed by atoms with E-state index in [1.807, 2.05) is 13.0 Å². The molecule has 2 aromatic carbocycles. The van der Waals surface area contributed by atoms with Crippen molar-refractivity contribution in [2.24, 2.45) is 5.73 Å². The van der Waals surface area contributed by atoms with E-state index < -0.39 is 11.6 Å². The van der Waals surface area contributed by atoms with Crippen molar-refractivity contribution in [1.29, 1.82) is 0 Å². The molecule has 2 aromatic heterocycles. The van der Waals surface area contributed by atoms with Crippen LogP contribution in [-0.2, 0) is 11.2 Å². The number of carbonyl (C=O) groups is 1. The number of fused-ring (bicyclic) bond motifs is 1. The number of carbonyl (C=O) groups excluding carboxylic acids is 1. The van der Waals surface area contributed by atoms with Crippen molar-refractivity contribution in [3.05, 3.63) is 71.7 Å². The summed E-state index contributed by atoms with van der Waals surface area (Å²) in [4.78, 5) is 21.4. The predicted octanol–water partition coefficient (Wildman–Crippen LogP) is 4.12. The Morgan fingerprint density at radius 2 is 1.95 bits per heavy atom. The maximum Gasteiger partial charge on any atom is 0.251 e. The first-order valence-electron chi connectivity index (χ1n) is 11.8. The van der Waals surface area contributed by atoms with E-state index >= 15 is 0 Å². The summed E-state index contributed by atoms with van der Waals surface area (Å²) in [6, 6.07) is 8.18. The first kappa shape index (κ1) is 28.8. The lowest BCUT2D eigenvalue weighted by Crippen LogP contribution is -2.28. The van der Waals surface area contributed by atoms with Crippen LogP contribution in [-0.4, -0.2) is 53.7 Å². The molecule has 0 fully saturated rings. The quantitative estimate of drug-likeness (QED) is 0.242. The summed E-state index contributed by atoms with van der Waals surface area (Å²) in [5, 5.41) is 6.06. The van der Waals surface area contributed by atoms with E-state index in [9.17, 15) is 13.6 Å². The van der Waals surface area contributed by atoms with E-state index in [1.165, 1.54) is 31.6 Å². The lowest BCUT2D eigenvalue weighted by atomic mass is 10.0. The van der Waals surface area contributed by atoms with E-state index in [0.29, 0.717) is 61.1 Å². The molecular weight excluding hydrogens is 518 g/mol. The molecule has 0 saturated heterocycles. The van der Waals surface area contributed by atoms with Gasteiger partial charge < -0.3 is 25.8 Å². The highest BCUT2D eigenvalue weighted by atomic mass is 35.5. The molecule has 4 rings (SSSR count). The van der Waals surface area contributed by atoms with Crippen LogP contribution in [0.15, 0.2) is 48.9 Å². The van der Waals surface area contributed by atoms with Crippen molar-refractivity contribution in [1.82, 2.24) is 19.7 Å². The maximum atomic E-state index is 14.7. The van der Waals surface area contributed by atoms with Gasteiger partial charge in [-0.15, -0.1) is 12.4 Å². The van der Waals surface area contributed by atoms with Crippen LogP contribution in [0.25, 0.3) is 16.9 Å². The van der Waals surface area contributed by atoms with E-state index in [2.05, 4.69) is 20.6 Å². The molecule has 0 aliphatic heterocycles. The largest absolute Gasteiger partial charge is 0.494 e. The number of nitrogens with zero attached hydrogens (tertiary/aromatic N) is 3. The topological polar surface area (TPSA) is 116 Å². The fraction of sp³-hybridized carbons (Fsp3) is 0.269. The number of benzene rings is 2. The number of nitrogens with two attached hydrogens (primary N) is 1. The number of aromatic nitrogens is 3. The zero-order chi connectivity index (χ0) is 26.4.